The van der Waals surface area contributed by atoms with E-state index in [1.807, 2.05) is 66.0 Å². The second-order valence-electron chi connectivity index (χ2n) is 6.47. The summed E-state index contributed by atoms with van der Waals surface area (Å²) in [7, 11) is 1.57. The minimum atomic E-state index is -0.134. The highest BCUT2D eigenvalue weighted by Crippen LogP contribution is 2.28. The summed E-state index contributed by atoms with van der Waals surface area (Å²) in [5, 5.41) is 11.0. The summed E-state index contributed by atoms with van der Waals surface area (Å²) in [5.74, 6) is 1.28. The van der Waals surface area contributed by atoms with Crippen molar-refractivity contribution in [2.24, 2.45) is 0 Å². The molecule has 29 heavy (non-hydrogen) atoms. The molecular weight excluding hydrogens is 366 g/mol. The number of furan rings is 1. The number of nitrogens with two attached hydrogens (primary N) is 1. The van der Waals surface area contributed by atoms with Crippen LogP contribution >= 0.6 is 0 Å². The van der Waals surface area contributed by atoms with Crippen LogP contribution in [0.5, 0.6) is 5.75 Å². The number of nitriles is 1. The molecule has 0 saturated heterocycles. The Bertz CT molecular complexity index is 949. The lowest BCUT2D eigenvalue weighted by Crippen LogP contribution is -2.87. The van der Waals surface area contributed by atoms with Gasteiger partial charge in [0.15, 0.2) is 18.3 Å². The maximum absolute atomic E-state index is 13.1. The predicted molar refractivity (Wildman–Crippen MR) is 109 cm³/mol. The summed E-state index contributed by atoms with van der Waals surface area (Å²) in [6, 6.07) is 23.0. The summed E-state index contributed by atoms with van der Waals surface area (Å²) in [6.07, 6.45) is 1.87. The van der Waals surface area contributed by atoms with Crippen molar-refractivity contribution >= 4 is 11.6 Å². The van der Waals surface area contributed by atoms with E-state index in [1.165, 1.54) is 0 Å². The predicted octanol–water partition coefficient (Wildman–Crippen LogP) is 2.89. The Kier molecular flexibility index (Phi) is 7.04. The molecule has 2 N–H and O–H groups in total. The van der Waals surface area contributed by atoms with Gasteiger partial charge in [-0.15, -0.1) is 0 Å². The molecule has 0 aliphatic carbocycles. The van der Waals surface area contributed by atoms with E-state index in [0.717, 1.165) is 11.3 Å². The number of amides is 1. The molecule has 0 aliphatic heterocycles. The zero-order valence-electron chi connectivity index (χ0n) is 16.3. The molecule has 0 radical (unpaired) electrons. The number of hydrogen-bond donors (Lipinski definition) is 1. The highest BCUT2D eigenvalue weighted by atomic mass is 16.5. The van der Waals surface area contributed by atoms with E-state index >= 15 is 0 Å². The maximum atomic E-state index is 13.1. The third-order valence-corrected chi connectivity index (χ3v) is 4.66. The molecule has 1 amide bonds. The molecule has 148 valence electrons. The van der Waals surface area contributed by atoms with Gasteiger partial charge in [0, 0.05) is 12.1 Å². The average molecular weight is 390 g/mol. The van der Waals surface area contributed by atoms with Crippen LogP contribution in [-0.4, -0.2) is 26.1 Å². The first-order chi connectivity index (χ1) is 14.2. The molecule has 6 heteroatoms. The summed E-state index contributed by atoms with van der Waals surface area (Å²) in [4.78, 5) is 14.7. The van der Waals surface area contributed by atoms with Crippen LogP contribution in [0.4, 0.5) is 5.69 Å². The van der Waals surface area contributed by atoms with Crippen molar-refractivity contribution in [3.8, 4) is 11.8 Å². The van der Waals surface area contributed by atoms with Gasteiger partial charge >= 0.3 is 0 Å². The van der Waals surface area contributed by atoms with E-state index in [2.05, 4.69) is 6.07 Å². The fourth-order valence-electron chi connectivity index (χ4n) is 3.27. The first kappa shape index (κ1) is 20.2. The topological polar surface area (TPSA) is 83.1 Å². The number of methoxy groups -OCH3 is 1. The van der Waals surface area contributed by atoms with Gasteiger partial charge in [0.25, 0.3) is 5.91 Å². The number of quaternary nitrogens is 1. The molecule has 0 aliphatic rings. The van der Waals surface area contributed by atoms with E-state index in [4.69, 9.17) is 14.4 Å². The van der Waals surface area contributed by atoms with Gasteiger partial charge in [0.2, 0.25) is 0 Å². The molecule has 1 atom stereocenters. The monoisotopic (exact) mass is 390 g/mol. The average Bonchev–Trinajstić information content (AvgIpc) is 3.30. The Hall–Kier alpha value is -3.56. The molecule has 0 bridgehead atoms. The van der Waals surface area contributed by atoms with Crippen LogP contribution in [-0.2, 0) is 4.79 Å². The molecule has 2 aromatic carbocycles. The van der Waals surface area contributed by atoms with Gasteiger partial charge in [-0.25, -0.2) is 0 Å². The van der Waals surface area contributed by atoms with Crippen molar-refractivity contribution in [2.45, 2.75) is 12.5 Å². The van der Waals surface area contributed by atoms with Crippen LogP contribution in [0.2, 0.25) is 0 Å². The molecule has 6 nitrogen and oxygen atoms in total. The molecule has 1 heterocycles. The lowest BCUT2D eigenvalue weighted by Gasteiger charge is -2.24. The Morgan fingerprint density at radius 2 is 1.90 bits per heavy atom. The van der Waals surface area contributed by atoms with Crippen molar-refractivity contribution in [3.05, 3.63) is 84.3 Å². The van der Waals surface area contributed by atoms with Gasteiger partial charge in [-0.3, -0.25) is 4.79 Å². The van der Waals surface area contributed by atoms with Crippen molar-refractivity contribution < 1.29 is 19.3 Å². The molecule has 3 aromatic rings. The number of ether oxygens (including phenoxy) is 1. The van der Waals surface area contributed by atoms with E-state index in [9.17, 15) is 4.79 Å². The number of para-hydroxylation sites is 2. The number of carbonyl (C=O) groups is 1. The normalized spacial score (nSPS) is 11.4. The van der Waals surface area contributed by atoms with Crippen LogP contribution < -0.4 is 15.0 Å². The molecule has 0 unspecified atom stereocenters. The zero-order valence-corrected chi connectivity index (χ0v) is 16.3. The third kappa shape index (κ3) is 5.03. The first-order valence-electron chi connectivity index (χ1n) is 9.46. The zero-order chi connectivity index (χ0) is 20.5. The van der Waals surface area contributed by atoms with Crippen LogP contribution in [0.15, 0.2) is 77.4 Å². The lowest BCUT2D eigenvalue weighted by atomic mass is 10.0. The third-order valence-electron chi connectivity index (χ3n) is 4.66. The molecule has 0 fully saturated rings. The Morgan fingerprint density at radius 1 is 1.14 bits per heavy atom. The smallest absolute Gasteiger partial charge is 0.282 e. The van der Waals surface area contributed by atoms with Crippen molar-refractivity contribution in [2.75, 3.05) is 25.1 Å². The van der Waals surface area contributed by atoms with Gasteiger partial charge in [-0.1, -0.05) is 42.5 Å². The Labute approximate surface area is 170 Å². The number of rotatable bonds is 9. The number of anilines is 1. The number of benzene rings is 2. The fourth-order valence-corrected chi connectivity index (χ4v) is 3.27. The van der Waals surface area contributed by atoms with Crippen LogP contribution in [0.1, 0.15) is 23.8 Å². The minimum Gasteiger partial charge on any atom is -0.495 e. The highest BCUT2D eigenvalue weighted by Gasteiger charge is 2.25. The van der Waals surface area contributed by atoms with E-state index in [0.29, 0.717) is 18.0 Å². The number of carbonyl (C=O) groups excluding carboxylic acids is 1. The largest absolute Gasteiger partial charge is 0.495 e. The van der Waals surface area contributed by atoms with Crippen LogP contribution in [0.25, 0.3) is 0 Å². The molecule has 3 rings (SSSR count). The van der Waals surface area contributed by atoms with Crippen LogP contribution in [0.3, 0.4) is 0 Å². The Morgan fingerprint density at radius 3 is 2.59 bits per heavy atom. The van der Waals surface area contributed by atoms with Gasteiger partial charge < -0.3 is 19.4 Å². The second kappa shape index (κ2) is 10.1. The molecule has 1 aromatic heterocycles. The van der Waals surface area contributed by atoms with Gasteiger partial charge in [0.05, 0.1) is 31.6 Å². The minimum absolute atomic E-state index is 0.0998. The van der Waals surface area contributed by atoms with Crippen LogP contribution in [0, 0.1) is 11.3 Å². The van der Waals surface area contributed by atoms with Crippen molar-refractivity contribution in [1.82, 2.24) is 0 Å². The highest BCUT2D eigenvalue weighted by molar-refractivity contribution is 5.95. The molecule has 0 spiro atoms. The maximum Gasteiger partial charge on any atom is 0.282 e. The van der Waals surface area contributed by atoms with Gasteiger partial charge in [-0.2, -0.15) is 5.26 Å². The summed E-state index contributed by atoms with van der Waals surface area (Å²) in [5.41, 5.74) is 1.72. The molecule has 0 saturated carbocycles. The first-order valence-corrected chi connectivity index (χ1v) is 9.46. The van der Waals surface area contributed by atoms with E-state index in [1.54, 1.807) is 24.3 Å². The number of hydrogen-bond acceptors (Lipinski definition) is 4. The fraction of sp³-hybridized carbons (Fsp3) is 0.217. The quantitative estimate of drug-likeness (QED) is 0.609. The number of nitrogens with zero attached hydrogens (tertiary/aromatic N) is 2. The standard InChI is InChI=1S/C23H23N3O3/c1-28-20-12-6-5-11-19(20)26(15-8-14-24)22(27)17-25-23(21-13-7-16-29-21)18-9-3-2-4-10-18/h2-7,9-13,16,23,25H,8,15,17H2,1H3/p+1/t23-/m1/s1. The lowest BCUT2D eigenvalue weighted by molar-refractivity contribution is -0.678. The summed E-state index contributed by atoms with van der Waals surface area (Å²) < 4.78 is 11.0. The van der Waals surface area contributed by atoms with Crippen molar-refractivity contribution in [1.29, 1.82) is 5.26 Å². The van der Waals surface area contributed by atoms with Gasteiger partial charge in [-0.05, 0) is 24.3 Å². The molecular formula is C23H24N3O3+. The summed E-state index contributed by atoms with van der Waals surface area (Å²) >= 11 is 0. The van der Waals surface area contributed by atoms with Gasteiger partial charge in [0.1, 0.15) is 5.75 Å². The summed E-state index contributed by atoms with van der Waals surface area (Å²) in [6.45, 7) is 0.504. The SMILES string of the molecule is COc1ccccc1N(CCC#N)C(=O)C[NH2+][C@H](c1ccccc1)c1ccco1. The Balaban J connectivity index is 1.80. The van der Waals surface area contributed by atoms with E-state index < -0.39 is 0 Å². The van der Waals surface area contributed by atoms with Crippen molar-refractivity contribution in [3.63, 3.8) is 0 Å². The second-order valence-corrected chi connectivity index (χ2v) is 6.47. The van der Waals surface area contributed by atoms with E-state index in [-0.39, 0.29) is 24.9 Å².